The van der Waals surface area contributed by atoms with Gasteiger partial charge >= 0.3 is 6.03 Å². The van der Waals surface area contributed by atoms with Crippen molar-refractivity contribution in [3.8, 4) is 11.5 Å². The van der Waals surface area contributed by atoms with Crippen LogP contribution in [-0.4, -0.2) is 47.3 Å². The van der Waals surface area contributed by atoms with Gasteiger partial charge in [-0.1, -0.05) is 32.9 Å². The summed E-state index contributed by atoms with van der Waals surface area (Å²) in [6.45, 7) is 9.22. The number of carbonyl (C=O) groups excluding carboxylic acids is 1. The average Bonchev–Trinajstić information content (AvgIpc) is 3.29. The van der Waals surface area contributed by atoms with E-state index in [1.54, 1.807) is 6.26 Å². The zero-order valence-electron chi connectivity index (χ0n) is 17.6. The lowest BCUT2D eigenvalue weighted by molar-refractivity contribution is 0.208. The molecule has 0 saturated carbocycles. The molecule has 30 heavy (non-hydrogen) atoms. The van der Waals surface area contributed by atoms with E-state index in [0.29, 0.717) is 37.6 Å². The van der Waals surface area contributed by atoms with E-state index in [9.17, 15) is 4.79 Å². The molecular formula is C23H27N5O2. The molecule has 3 heterocycles. The van der Waals surface area contributed by atoms with Crippen molar-refractivity contribution in [1.29, 1.82) is 0 Å². The summed E-state index contributed by atoms with van der Waals surface area (Å²) < 4.78 is 5.35. The third-order valence-electron chi connectivity index (χ3n) is 5.32. The summed E-state index contributed by atoms with van der Waals surface area (Å²) in [6, 6.07) is 15.5. The Bertz CT molecular complexity index is 968. The molecule has 7 heteroatoms. The molecule has 7 nitrogen and oxygen atoms in total. The van der Waals surface area contributed by atoms with Crippen molar-refractivity contribution in [3.05, 3.63) is 60.4 Å². The minimum atomic E-state index is -0.0718. The second-order valence-electron chi connectivity index (χ2n) is 8.49. The van der Waals surface area contributed by atoms with Crippen LogP contribution >= 0.6 is 0 Å². The fourth-order valence-electron chi connectivity index (χ4n) is 3.44. The summed E-state index contributed by atoms with van der Waals surface area (Å²) in [5.74, 6) is 1.51. The number of hydrogen-bond donors (Lipinski definition) is 1. The highest BCUT2D eigenvalue weighted by Crippen LogP contribution is 2.24. The quantitative estimate of drug-likeness (QED) is 0.700. The van der Waals surface area contributed by atoms with E-state index < -0.39 is 0 Å². The normalized spacial score (nSPS) is 14.6. The molecule has 1 aliphatic heterocycles. The van der Waals surface area contributed by atoms with Gasteiger partial charge in [-0.3, -0.25) is 0 Å². The molecule has 1 fully saturated rings. The fraction of sp³-hybridized carbons (Fsp3) is 0.348. The van der Waals surface area contributed by atoms with Crippen LogP contribution in [0.15, 0.2) is 59.2 Å². The van der Waals surface area contributed by atoms with Gasteiger partial charge in [0.15, 0.2) is 11.6 Å². The first-order valence-electron chi connectivity index (χ1n) is 10.2. The molecule has 0 atom stereocenters. The summed E-state index contributed by atoms with van der Waals surface area (Å²) in [7, 11) is 0. The Kier molecular flexibility index (Phi) is 5.44. The molecule has 0 unspecified atom stereocenters. The highest BCUT2D eigenvalue weighted by Gasteiger charge is 2.22. The predicted octanol–water partition coefficient (Wildman–Crippen LogP) is 4.39. The van der Waals surface area contributed by atoms with Gasteiger partial charge in [-0.15, -0.1) is 10.2 Å². The number of furan rings is 1. The SMILES string of the molecule is CC(C)(C)c1ccc(NC(=O)N2CCN(c3ccc(-c4ccco4)nn3)CC2)cc1. The van der Waals surface area contributed by atoms with Gasteiger partial charge in [-0.25, -0.2) is 4.79 Å². The van der Waals surface area contributed by atoms with Gasteiger partial charge in [0.1, 0.15) is 5.69 Å². The Labute approximate surface area is 176 Å². The summed E-state index contributed by atoms with van der Waals surface area (Å²) in [5.41, 5.74) is 2.86. The lowest BCUT2D eigenvalue weighted by Crippen LogP contribution is -2.50. The molecule has 1 aromatic carbocycles. The van der Waals surface area contributed by atoms with Crippen LogP contribution in [0, 0.1) is 0 Å². The third kappa shape index (κ3) is 4.45. The largest absolute Gasteiger partial charge is 0.463 e. The summed E-state index contributed by atoms with van der Waals surface area (Å²) in [6.07, 6.45) is 1.62. The molecule has 0 bridgehead atoms. The van der Waals surface area contributed by atoms with E-state index in [0.717, 1.165) is 11.5 Å². The zero-order valence-corrected chi connectivity index (χ0v) is 17.6. The average molecular weight is 406 g/mol. The van der Waals surface area contributed by atoms with Crippen molar-refractivity contribution < 1.29 is 9.21 Å². The molecule has 2 amide bonds. The first-order chi connectivity index (χ1) is 14.4. The molecule has 4 rings (SSSR count). The first-order valence-corrected chi connectivity index (χ1v) is 10.2. The maximum Gasteiger partial charge on any atom is 0.321 e. The van der Waals surface area contributed by atoms with Crippen LogP contribution in [0.1, 0.15) is 26.3 Å². The highest BCUT2D eigenvalue weighted by molar-refractivity contribution is 5.89. The van der Waals surface area contributed by atoms with Crippen LogP contribution < -0.4 is 10.2 Å². The minimum absolute atomic E-state index is 0.0718. The van der Waals surface area contributed by atoms with E-state index in [4.69, 9.17) is 4.42 Å². The van der Waals surface area contributed by atoms with Gasteiger partial charge in [0.05, 0.1) is 6.26 Å². The second kappa shape index (κ2) is 8.18. The van der Waals surface area contributed by atoms with Crippen molar-refractivity contribution in [2.24, 2.45) is 0 Å². The van der Waals surface area contributed by atoms with Crippen LogP contribution in [0.25, 0.3) is 11.5 Å². The number of amides is 2. The number of piperazine rings is 1. The lowest BCUT2D eigenvalue weighted by atomic mass is 9.87. The Morgan fingerprint density at radius 2 is 1.70 bits per heavy atom. The number of urea groups is 1. The lowest BCUT2D eigenvalue weighted by Gasteiger charge is -2.35. The van der Waals surface area contributed by atoms with E-state index in [-0.39, 0.29) is 11.4 Å². The summed E-state index contributed by atoms with van der Waals surface area (Å²) in [4.78, 5) is 16.6. The molecule has 1 saturated heterocycles. The van der Waals surface area contributed by atoms with Gasteiger partial charge in [0, 0.05) is 31.9 Å². The third-order valence-corrected chi connectivity index (χ3v) is 5.32. The Hall–Kier alpha value is -3.35. The van der Waals surface area contributed by atoms with E-state index >= 15 is 0 Å². The van der Waals surface area contributed by atoms with Crippen LogP contribution in [0.5, 0.6) is 0 Å². The second-order valence-corrected chi connectivity index (χ2v) is 8.49. The molecular weight excluding hydrogens is 378 g/mol. The van der Waals surface area contributed by atoms with Crippen molar-refractivity contribution in [1.82, 2.24) is 15.1 Å². The number of rotatable bonds is 3. The number of benzene rings is 1. The van der Waals surface area contributed by atoms with Gasteiger partial charge in [-0.2, -0.15) is 0 Å². The Balaban J connectivity index is 1.31. The zero-order chi connectivity index (χ0) is 21.1. The van der Waals surface area contributed by atoms with Gasteiger partial charge in [0.2, 0.25) is 0 Å². The monoisotopic (exact) mass is 405 g/mol. The van der Waals surface area contributed by atoms with Crippen molar-refractivity contribution in [3.63, 3.8) is 0 Å². The first kappa shape index (κ1) is 19.9. The molecule has 0 aliphatic carbocycles. The fourth-order valence-corrected chi connectivity index (χ4v) is 3.44. The number of carbonyl (C=O) groups is 1. The number of anilines is 2. The van der Waals surface area contributed by atoms with Crippen molar-refractivity contribution in [2.45, 2.75) is 26.2 Å². The predicted molar refractivity (Wildman–Crippen MR) is 118 cm³/mol. The Morgan fingerprint density at radius 3 is 2.27 bits per heavy atom. The standard InChI is InChI=1S/C23H27N5O2/c1-23(2,3)17-6-8-18(9-7-17)24-22(29)28-14-12-27(13-15-28)21-11-10-19(25-26-21)20-5-4-16-30-20/h4-11,16H,12-15H2,1-3H3,(H,24,29). The van der Waals surface area contributed by atoms with E-state index in [2.05, 4.69) is 53.3 Å². The molecule has 156 valence electrons. The topological polar surface area (TPSA) is 74.5 Å². The van der Waals surface area contributed by atoms with Crippen LogP contribution in [-0.2, 0) is 5.41 Å². The van der Waals surface area contributed by atoms with Gasteiger partial charge in [0.25, 0.3) is 0 Å². The van der Waals surface area contributed by atoms with Crippen LogP contribution in [0.2, 0.25) is 0 Å². The van der Waals surface area contributed by atoms with Crippen molar-refractivity contribution in [2.75, 3.05) is 36.4 Å². The van der Waals surface area contributed by atoms with Crippen molar-refractivity contribution >= 4 is 17.5 Å². The molecule has 1 aliphatic rings. The minimum Gasteiger partial charge on any atom is -0.463 e. The number of nitrogens with one attached hydrogen (secondary N) is 1. The molecule has 3 aromatic rings. The summed E-state index contributed by atoms with van der Waals surface area (Å²) in [5, 5.41) is 11.6. The molecule has 0 spiro atoms. The molecule has 0 radical (unpaired) electrons. The maximum atomic E-state index is 12.6. The van der Waals surface area contributed by atoms with E-state index in [1.165, 1.54) is 5.56 Å². The van der Waals surface area contributed by atoms with Gasteiger partial charge < -0.3 is 19.5 Å². The van der Waals surface area contributed by atoms with Crippen LogP contribution in [0.3, 0.4) is 0 Å². The highest BCUT2D eigenvalue weighted by atomic mass is 16.3. The molecule has 2 aromatic heterocycles. The maximum absolute atomic E-state index is 12.6. The smallest absolute Gasteiger partial charge is 0.321 e. The number of aromatic nitrogens is 2. The Morgan fingerprint density at radius 1 is 0.967 bits per heavy atom. The summed E-state index contributed by atoms with van der Waals surface area (Å²) >= 11 is 0. The van der Waals surface area contributed by atoms with Crippen LogP contribution in [0.4, 0.5) is 16.3 Å². The number of hydrogen-bond acceptors (Lipinski definition) is 5. The van der Waals surface area contributed by atoms with E-state index in [1.807, 2.05) is 41.3 Å². The molecule has 1 N–H and O–H groups in total. The van der Waals surface area contributed by atoms with Gasteiger partial charge in [-0.05, 0) is 47.4 Å². The number of nitrogens with zero attached hydrogens (tertiary/aromatic N) is 4.